The van der Waals surface area contributed by atoms with Gasteiger partial charge in [0, 0.05) is 5.92 Å². The van der Waals surface area contributed by atoms with Gasteiger partial charge < -0.3 is 9.63 Å². The van der Waals surface area contributed by atoms with E-state index in [1.54, 1.807) is 0 Å². The van der Waals surface area contributed by atoms with Crippen molar-refractivity contribution in [1.29, 1.82) is 0 Å². The summed E-state index contributed by atoms with van der Waals surface area (Å²) >= 11 is 5.56. The molecule has 1 N–H and O–H groups in total. The Morgan fingerprint density at radius 1 is 1.62 bits per heavy atom. The summed E-state index contributed by atoms with van der Waals surface area (Å²) < 4.78 is 4.65. The molecule has 0 aromatic carbocycles. The third-order valence-corrected chi connectivity index (χ3v) is 2.64. The zero-order chi connectivity index (χ0) is 9.42. The number of carboxylic acid groups (broad SMARTS) is 1. The van der Waals surface area contributed by atoms with E-state index in [-0.39, 0.29) is 16.7 Å². The van der Waals surface area contributed by atoms with E-state index in [9.17, 15) is 4.79 Å². The third kappa shape index (κ3) is 1.31. The van der Waals surface area contributed by atoms with Crippen molar-refractivity contribution in [3.05, 3.63) is 16.5 Å². The Balaban J connectivity index is 2.38. The standard InChI is InChI=1S/C8H8ClNO3/c9-7-5(8(11)12)6(10-13-7)4-2-1-3-4/h4H,1-3H2,(H,11,12). The molecule has 70 valence electrons. The van der Waals surface area contributed by atoms with Gasteiger partial charge in [-0.2, -0.15) is 0 Å². The fourth-order valence-electron chi connectivity index (χ4n) is 1.44. The van der Waals surface area contributed by atoms with Gasteiger partial charge in [0.2, 0.25) is 5.22 Å². The molecule has 4 nitrogen and oxygen atoms in total. The normalized spacial score (nSPS) is 17.0. The highest BCUT2D eigenvalue weighted by Crippen LogP contribution is 2.39. The van der Waals surface area contributed by atoms with Gasteiger partial charge in [0.25, 0.3) is 0 Å². The fourth-order valence-corrected chi connectivity index (χ4v) is 1.65. The van der Waals surface area contributed by atoms with Crippen molar-refractivity contribution in [2.75, 3.05) is 0 Å². The summed E-state index contributed by atoms with van der Waals surface area (Å²) in [5, 5.41) is 12.4. The van der Waals surface area contributed by atoms with Crippen LogP contribution in [0.5, 0.6) is 0 Å². The van der Waals surface area contributed by atoms with E-state index < -0.39 is 5.97 Å². The third-order valence-electron chi connectivity index (χ3n) is 2.38. The van der Waals surface area contributed by atoms with Crippen LogP contribution in [0.3, 0.4) is 0 Å². The van der Waals surface area contributed by atoms with E-state index in [1.165, 1.54) is 0 Å². The zero-order valence-electron chi connectivity index (χ0n) is 6.79. The molecule has 1 aliphatic rings. The van der Waals surface area contributed by atoms with Gasteiger partial charge in [0.1, 0.15) is 11.3 Å². The first-order valence-electron chi connectivity index (χ1n) is 4.08. The van der Waals surface area contributed by atoms with Crippen molar-refractivity contribution in [2.45, 2.75) is 25.2 Å². The molecule has 1 aromatic heterocycles. The van der Waals surface area contributed by atoms with Crippen LogP contribution in [0.15, 0.2) is 4.52 Å². The van der Waals surface area contributed by atoms with Crippen LogP contribution in [-0.4, -0.2) is 16.2 Å². The second-order valence-corrected chi connectivity index (χ2v) is 3.49. The molecular formula is C8H8ClNO3. The highest BCUT2D eigenvalue weighted by atomic mass is 35.5. The molecule has 0 atom stereocenters. The van der Waals surface area contributed by atoms with Crippen LogP contribution in [0.25, 0.3) is 0 Å². The molecule has 1 aliphatic carbocycles. The lowest BCUT2D eigenvalue weighted by Crippen LogP contribution is -2.13. The zero-order valence-corrected chi connectivity index (χ0v) is 7.54. The molecule has 0 amide bonds. The highest BCUT2D eigenvalue weighted by Gasteiger charge is 2.30. The van der Waals surface area contributed by atoms with Crippen molar-refractivity contribution < 1.29 is 14.4 Å². The van der Waals surface area contributed by atoms with E-state index in [2.05, 4.69) is 9.68 Å². The van der Waals surface area contributed by atoms with Crippen LogP contribution in [0, 0.1) is 0 Å². The van der Waals surface area contributed by atoms with Gasteiger partial charge >= 0.3 is 5.97 Å². The molecule has 0 unspecified atom stereocenters. The summed E-state index contributed by atoms with van der Waals surface area (Å²) in [5.74, 6) is -0.837. The minimum Gasteiger partial charge on any atom is -0.477 e. The maximum atomic E-state index is 10.8. The van der Waals surface area contributed by atoms with E-state index in [1.807, 2.05) is 0 Å². The average molecular weight is 202 g/mol. The van der Waals surface area contributed by atoms with Gasteiger partial charge in [-0.1, -0.05) is 11.6 Å². The average Bonchev–Trinajstić information content (AvgIpc) is 2.28. The largest absolute Gasteiger partial charge is 0.477 e. The summed E-state index contributed by atoms with van der Waals surface area (Å²) in [6, 6.07) is 0. The molecule has 1 aromatic rings. The fraction of sp³-hybridized carbons (Fsp3) is 0.500. The molecular weight excluding hydrogens is 194 g/mol. The van der Waals surface area contributed by atoms with E-state index >= 15 is 0 Å². The first-order chi connectivity index (χ1) is 6.20. The number of carboxylic acids is 1. The molecule has 13 heavy (non-hydrogen) atoms. The second-order valence-electron chi connectivity index (χ2n) is 3.15. The Morgan fingerprint density at radius 3 is 2.77 bits per heavy atom. The van der Waals surface area contributed by atoms with Gasteiger partial charge in [-0.25, -0.2) is 4.79 Å². The lowest BCUT2D eigenvalue weighted by molar-refractivity contribution is 0.0694. The van der Waals surface area contributed by atoms with Gasteiger partial charge in [-0.3, -0.25) is 0 Å². The van der Waals surface area contributed by atoms with Crippen LogP contribution in [0.4, 0.5) is 0 Å². The van der Waals surface area contributed by atoms with Gasteiger partial charge in [0.15, 0.2) is 0 Å². The first kappa shape index (κ1) is 8.56. The molecule has 0 aliphatic heterocycles. The van der Waals surface area contributed by atoms with Crippen molar-refractivity contribution in [2.24, 2.45) is 0 Å². The number of rotatable bonds is 2. The molecule has 1 fully saturated rings. The van der Waals surface area contributed by atoms with Crippen LogP contribution in [0.1, 0.15) is 41.2 Å². The number of hydrogen-bond donors (Lipinski definition) is 1. The summed E-state index contributed by atoms with van der Waals surface area (Å²) in [6.45, 7) is 0. The lowest BCUT2D eigenvalue weighted by atomic mass is 9.81. The number of aromatic carboxylic acids is 1. The van der Waals surface area contributed by atoms with Gasteiger partial charge in [-0.05, 0) is 24.4 Å². The molecule has 1 saturated carbocycles. The molecule has 0 saturated heterocycles. The number of nitrogens with zero attached hydrogens (tertiary/aromatic N) is 1. The van der Waals surface area contributed by atoms with E-state index in [0.717, 1.165) is 19.3 Å². The predicted octanol–water partition coefficient (Wildman–Crippen LogP) is 2.29. The summed E-state index contributed by atoms with van der Waals surface area (Å²) in [5.41, 5.74) is 0.537. The minimum absolute atomic E-state index is 0.0337. The molecule has 0 spiro atoms. The predicted molar refractivity (Wildman–Crippen MR) is 45.1 cm³/mol. The Labute approximate surface area is 79.5 Å². The Bertz CT molecular complexity index is 343. The lowest BCUT2D eigenvalue weighted by Gasteiger charge is -2.22. The summed E-state index contributed by atoms with van der Waals surface area (Å²) in [6.07, 6.45) is 3.07. The van der Waals surface area contributed by atoms with Crippen LogP contribution in [-0.2, 0) is 0 Å². The SMILES string of the molecule is O=C(O)c1c(C2CCC2)noc1Cl. The topological polar surface area (TPSA) is 63.3 Å². The Morgan fingerprint density at radius 2 is 2.31 bits per heavy atom. The molecule has 2 rings (SSSR count). The Hall–Kier alpha value is -1.03. The molecule has 0 radical (unpaired) electrons. The highest BCUT2D eigenvalue weighted by molar-refractivity contribution is 6.31. The molecule has 5 heteroatoms. The van der Waals surface area contributed by atoms with Gasteiger partial charge in [-0.15, -0.1) is 0 Å². The first-order valence-corrected chi connectivity index (χ1v) is 4.46. The van der Waals surface area contributed by atoms with Crippen LogP contribution in [0.2, 0.25) is 5.22 Å². The quantitative estimate of drug-likeness (QED) is 0.798. The molecule has 1 heterocycles. The summed E-state index contributed by atoms with van der Waals surface area (Å²) in [7, 11) is 0. The van der Waals surface area contributed by atoms with Crippen LogP contribution >= 0.6 is 11.6 Å². The maximum Gasteiger partial charge on any atom is 0.342 e. The monoisotopic (exact) mass is 201 g/mol. The summed E-state index contributed by atoms with van der Waals surface area (Å²) in [4.78, 5) is 10.8. The minimum atomic E-state index is -1.06. The van der Waals surface area contributed by atoms with Crippen molar-refractivity contribution in [1.82, 2.24) is 5.16 Å². The number of halogens is 1. The number of aromatic nitrogens is 1. The smallest absolute Gasteiger partial charge is 0.342 e. The van der Waals surface area contributed by atoms with Gasteiger partial charge in [0.05, 0.1) is 0 Å². The Kier molecular flexibility index (Phi) is 2.00. The van der Waals surface area contributed by atoms with E-state index in [4.69, 9.17) is 16.7 Å². The van der Waals surface area contributed by atoms with Crippen LogP contribution < -0.4 is 0 Å². The van der Waals surface area contributed by atoms with Crippen molar-refractivity contribution in [3.8, 4) is 0 Å². The second kappa shape index (κ2) is 3.03. The van der Waals surface area contributed by atoms with E-state index in [0.29, 0.717) is 5.69 Å². The van der Waals surface area contributed by atoms with Crippen molar-refractivity contribution in [3.63, 3.8) is 0 Å². The number of hydrogen-bond acceptors (Lipinski definition) is 3. The molecule has 0 bridgehead atoms. The number of carbonyl (C=O) groups is 1. The van der Waals surface area contributed by atoms with Crippen molar-refractivity contribution >= 4 is 17.6 Å². The maximum absolute atomic E-state index is 10.8.